The summed E-state index contributed by atoms with van der Waals surface area (Å²) in [5.74, 6) is 0.105. The van der Waals surface area contributed by atoms with Crippen LogP contribution in [0.2, 0.25) is 0 Å². The van der Waals surface area contributed by atoms with Crippen molar-refractivity contribution < 1.29 is 9.59 Å². The molecular weight excluding hydrogens is 230 g/mol. The molecule has 5 heteroatoms. The van der Waals surface area contributed by atoms with Gasteiger partial charge in [0.15, 0.2) is 0 Å². The summed E-state index contributed by atoms with van der Waals surface area (Å²) in [6, 6.07) is 0.344. The number of likely N-dealkylation sites (tertiary alicyclic amines) is 1. The first kappa shape index (κ1) is 12.0. The summed E-state index contributed by atoms with van der Waals surface area (Å²) in [6.45, 7) is 3.91. The maximum absolute atomic E-state index is 12.3. The lowest BCUT2D eigenvalue weighted by Gasteiger charge is -2.29. The molecule has 3 aliphatic rings. The van der Waals surface area contributed by atoms with Crippen molar-refractivity contribution in [3.63, 3.8) is 0 Å². The predicted molar refractivity (Wildman–Crippen MR) is 66.9 cm³/mol. The van der Waals surface area contributed by atoms with E-state index in [2.05, 4.69) is 5.32 Å². The van der Waals surface area contributed by atoms with E-state index in [4.69, 9.17) is 0 Å². The summed E-state index contributed by atoms with van der Waals surface area (Å²) in [4.78, 5) is 28.0. The van der Waals surface area contributed by atoms with Gasteiger partial charge in [-0.2, -0.15) is 0 Å². The van der Waals surface area contributed by atoms with Crippen LogP contribution in [0, 0.1) is 5.92 Å². The van der Waals surface area contributed by atoms with Crippen LogP contribution in [0.15, 0.2) is 0 Å². The zero-order chi connectivity index (χ0) is 12.5. The predicted octanol–water partition coefficient (Wildman–Crippen LogP) is -0.181. The fraction of sp³-hybridized carbons (Fsp3) is 0.846. The molecule has 2 heterocycles. The molecule has 0 radical (unpaired) electrons. The summed E-state index contributed by atoms with van der Waals surface area (Å²) < 4.78 is 0. The number of nitrogens with one attached hydrogen (secondary N) is 1. The Morgan fingerprint density at radius 1 is 1.06 bits per heavy atom. The summed E-state index contributed by atoms with van der Waals surface area (Å²) in [6.07, 6.45) is 4.37. The normalized spacial score (nSPS) is 31.6. The number of amides is 2. The molecule has 0 aromatic rings. The van der Waals surface area contributed by atoms with E-state index in [-0.39, 0.29) is 11.8 Å². The largest absolute Gasteiger partial charge is 0.333 e. The van der Waals surface area contributed by atoms with Crippen LogP contribution in [-0.2, 0) is 9.59 Å². The van der Waals surface area contributed by atoms with E-state index >= 15 is 0 Å². The molecule has 3 fully saturated rings. The maximum Gasteiger partial charge on any atom is 0.312 e. The molecule has 2 atom stereocenters. The number of nitrogens with zero attached hydrogens (tertiary/aromatic N) is 2. The van der Waals surface area contributed by atoms with Gasteiger partial charge in [0.2, 0.25) is 0 Å². The Hall–Kier alpha value is -1.10. The molecular formula is C13H21N3O2. The van der Waals surface area contributed by atoms with Crippen molar-refractivity contribution in [2.45, 2.75) is 31.7 Å². The molecule has 2 unspecified atom stereocenters. The molecule has 100 valence electrons. The Morgan fingerprint density at radius 3 is 2.67 bits per heavy atom. The van der Waals surface area contributed by atoms with E-state index in [9.17, 15) is 9.59 Å². The highest BCUT2D eigenvalue weighted by Gasteiger charge is 2.42. The molecule has 0 spiro atoms. The lowest BCUT2D eigenvalue weighted by Crippen LogP contribution is -2.48. The van der Waals surface area contributed by atoms with Crippen molar-refractivity contribution in [3.8, 4) is 0 Å². The summed E-state index contributed by atoms with van der Waals surface area (Å²) in [5.41, 5.74) is 0. The summed E-state index contributed by atoms with van der Waals surface area (Å²) in [7, 11) is 0. The van der Waals surface area contributed by atoms with Crippen molar-refractivity contribution in [1.82, 2.24) is 15.1 Å². The second-order valence-electron chi connectivity index (χ2n) is 5.69. The molecule has 0 aromatic heterocycles. The van der Waals surface area contributed by atoms with Gasteiger partial charge in [-0.25, -0.2) is 0 Å². The molecule has 2 aliphatic heterocycles. The van der Waals surface area contributed by atoms with Crippen molar-refractivity contribution >= 4 is 11.8 Å². The third kappa shape index (κ3) is 2.11. The van der Waals surface area contributed by atoms with Crippen LogP contribution >= 0.6 is 0 Å². The average Bonchev–Trinajstić information content (AvgIpc) is 2.91. The van der Waals surface area contributed by atoms with Gasteiger partial charge < -0.3 is 15.1 Å². The van der Waals surface area contributed by atoms with Crippen LogP contribution in [0.5, 0.6) is 0 Å². The molecule has 2 amide bonds. The minimum absolute atomic E-state index is 0.260. The molecule has 2 bridgehead atoms. The number of hydrogen-bond donors (Lipinski definition) is 1. The Bertz CT molecular complexity index is 350. The second kappa shape index (κ2) is 4.88. The number of hydrogen-bond acceptors (Lipinski definition) is 3. The number of piperidine rings is 1. The summed E-state index contributed by atoms with van der Waals surface area (Å²) in [5, 5.41) is 3.25. The molecule has 0 aromatic carbocycles. The smallest absolute Gasteiger partial charge is 0.312 e. The van der Waals surface area contributed by atoms with Gasteiger partial charge in [-0.15, -0.1) is 0 Å². The van der Waals surface area contributed by atoms with Crippen LogP contribution < -0.4 is 5.32 Å². The number of rotatable bonds is 0. The lowest BCUT2D eigenvalue weighted by molar-refractivity contribution is -0.152. The quantitative estimate of drug-likeness (QED) is 0.608. The van der Waals surface area contributed by atoms with E-state index in [0.29, 0.717) is 25.0 Å². The Labute approximate surface area is 107 Å². The van der Waals surface area contributed by atoms with E-state index in [1.165, 1.54) is 6.42 Å². The number of carbonyl (C=O) groups excluding carboxylic acids is 2. The number of carbonyl (C=O) groups is 2. The van der Waals surface area contributed by atoms with E-state index in [1.807, 2.05) is 4.90 Å². The fourth-order valence-corrected chi connectivity index (χ4v) is 3.48. The van der Waals surface area contributed by atoms with Gasteiger partial charge in [-0.05, 0) is 38.1 Å². The van der Waals surface area contributed by atoms with E-state index in [0.717, 1.165) is 38.9 Å². The summed E-state index contributed by atoms with van der Waals surface area (Å²) >= 11 is 0. The Balaban J connectivity index is 1.63. The van der Waals surface area contributed by atoms with Crippen LogP contribution in [0.4, 0.5) is 0 Å². The maximum atomic E-state index is 12.3. The van der Waals surface area contributed by atoms with Crippen LogP contribution in [0.25, 0.3) is 0 Å². The van der Waals surface area contributed by atoms with Crippen molar-refractivity contribution in [2.75, 3.05) is 32.7 Å². The van der Waals surface area contributed by atoms with Gasteiger partial charge in [-0.3, -0.25) is 9.59 Å². The van der Waals surface area contributed by atoms with Gasteiger partial charge in [0.05, 0.1) is 0 Å². The second-order valence-corrected chi connectivity index (χ2v) is 5.69. The molecule has 1 N–H and O–H groups in total. The first-order chi connectivity index (χ1) is 8.75. The molecule has 3 rings (SSSR count). The zero-order valence-electron chi connectivity index (χ0n) is 10.7. The van der Waals surface area contributed by atoms with Crippen LogP contribution in [-0.4, -0.2) is 60.4 Å². The first-order valence-corrected chi connectivity index (χ1v) is 7.06. The van der Waals surface area contributed by atoms with Gasteiger partial charge >= 0.3 is 11.8 Å². The van der Waals surface area contributed by atoms with E-state index < -0.39 is 0 Å². The van der Waals surface area contributed by atoms with Crippen LogP contribution in [0.3, 0.4) is 0 Å². The SMILES string of the molecule is O=C(C(=O)N1CC2CCC1C2)N1CCCNCC1. The minimum Gasteiger partial charge on any atom is -0.333 e. The Morgan fingerprint density at radius 2 is 1.94 bits per heavy atom. The van der Waals surface area contributed by atoms with Gasteiger partial charge in [0.1, 0.15) is 0 Å². The van der Waals surface area contributed by atoms with Gasteiger partial charge in [-0.1, -0.05) is 0 Å². The van der Waals surface area contributed by atoms with Crippen molar-refractivity contribution in [2.24, 2.45) is 5.92 Å². The molecule has 5 nitrogen and oxygen atoms in total. The monoisotopic (exact) mass is 251 g/mol. The first-order valence-electron chi connectivity index (χ1n) is 7.06. The van der Waals surface area contributed by atoms with Crippen molar-refractivity contribution in [3.05, 3.63) is 0 Å². The number of fused-ring (bicyclic) bond motifs is 2. The Kier molecular flexibility index (Phi) is 3.24. The average molecular weight is 251 g/mol. The molecule has 1 saturated carbocycles. The highest BCUT2D eigenvalue weighted by atomic mass is 16.2. The third-order valence-electron chi connectivity index (χ3n) is 4.48. The van der Waals surface area contributed by atoms with Crippen LogP contribution in [0.1, 0.15) is 25.7 Å². The van der Waals surface area contributed by atoms with E-state index in [1.54, 1.807) is 4.90 Å². The lowest BCUT2D eigenvalue weighted by atomic mass is 10.1. The topological polar surface area (TPSA) is 52.7 Å². The van der Waals surface area contributed by atoms with Gasteiger partial charge in [0.25, 0.3) is 0 Å². The zero-order valence-corrected chi connectivity index (χ0v) is 10.7. The standard InChI is InChI=1S/C13H21N3O2/c17-12(15-6-1-4-14-5-7-15)13(18)16-9-10-2-3-11(16)8-10/h10-11,14H,1-9H2. The fourth-order valence-electron chi connectivity index (χ4n) is 3.48. The molecule has 1 aliphatic carbocycles. The highest BCUT2D eigenvalue weighted by Crippen LogP contribution is 2.37. The molecule has 2 saturated heterocycles. The van der Waals surface area contributed by atoms with Gasteiger partial charge in [0, 0.05) is 32.2 Å². The third-order valence-corrected chi connectivity index (χ3v) is 4.48. The minimum atomic E-state index is -0.286. The van der Waals surface area contributed by atoms with Crippen molar-refractivity contribution in [1.29, 1.82) is 0 Å². The highest BCUT2D eigenvalue weighted by molar-refractivity contribution is 6.35. The molecule has 18 heavy (non-hydrogen) atoms.